The number of nitrogens with one attached hydrogen (secondary N) is 1. The summed E-state index contributed by atoms with van der Waals surface area (Å²) in [6, 6.07) is 4.47. The molecule has 26 heavy (non-hydrogen) atoms. The number of hydrogen-bond donors (Lipinski definition) is 1. The molecule has 1 saturated carbocycles. The minimum absolute atomic E-state index is 0.0639. The molecule has 6 nitrogen and oxygen atoms in total. The van der Waals surface area contributed by atoms with E-state index in [1.165, 1.54) is 18.2 Å². The van der Waals surface area contributed by atoms with Crippen molar-refractivity contribution in [3.8, 4) is 0 Å². The Hall–Kier alpha value is -1.89. The van der Waals surface area contributed by atoms with Crippen LogP contribution in [0, 0.1) is 5.92 Å². The van der Waals surface area contributed by atoms with Crippen molar-refractivity contribution in [3.05, 3.63) is 29.3 Å². The van der Waals surface area contributed by atoms with Gasteiger partial charge >= 0.3 is 0 Å². The van der Waals surface area contributed by atoms with E-state index in [1.54, 1.807) is 6.92 Å². The third-order valence-corrected chi connectivity index (χ3v) is 7.36. The number of sulfonamides is 1. The van der Waals surface area contributed by atoms with Crippen LogP contribution in [0.3, 0.4) is 0 Å². The largest absolute Gasteiger partial charge is 0.349 e. The molecule has 0 saturated heterocycles. The lowest BCUT2D eigenvalue weighted by atomic mass is 9.96. The highest BCUT2D eigenvalue weighted by Gasteiger charge is 2.40. The highest BCUT2D eigenvalue weighted by atomic mass is 32.2. The monoisotopic (exact) mass is 378 g/mol. The molecule has 1 aromatic rings. The average molecular weight is 378 g/mol. The fraction of sp³-hybridized carbons (Fsp3) is 0.579. The van der Waals surface area contributed by atoms with Crippen LogP contribution in [0.5, 0.6) is 0 Å². The van der Waals surface area contributed by atoms with Crippen LogP contribution in [-0.2, 0) is 10.0 Å². The zero-order valence-electron chi connectivity index (χ0n) is 15.3. The molecule has 0 bridgehead atoms. The molecule has 1 aliphatic heterocycles. The Morgan fingerprint density at radius 1 is 1.27 bits per heavy atom. The van der Waals surface area contributed by atoms with Gasteiger partial charge in [-0.05, 0) is 50.3 Å². The summed E-state index contributed by atoms with van der Waals surface area (Å²) in [7, 11) is -3.85. The van der Waals surface area contributed by atoms with Crippen LogP contribution in [0.4, 0.5) is 0 Å². The predicted molar refractivity (Wildman–Crippen MR) is 98.5 cm³/mol. The smallest absolute Gasteiger partial charge is 0.268 e. The second-order valence-electron chi connectivity index (χ2n) is 7.10. The molecular weight excluding hydrogens is 352 g/mol. The Morgan fingerprint density at radius 2 is 2.04 bits per heavy atom. The fourth-order valence-electron chi connectivity index (χ4n) is 4.02. The van der Waals surface area contributed by atoms with Gasteiger partial charge in [-0.25, -0.2) is 12.7 Å². The number of carbonyl (C=O) groups excluding carboxylic acids is 2. The van der Waals surface area contributed by atoms with Gasteiger partial charge in [0, 0.05) is 18.2 Å². The molecule has 3 rings (SSSR count). The molecule has 1 aromatic carbocycles. The van der Waals surface area contributed by atoms with Crippen molar-refractivity contribution in [3.63, 3.8) is 0 Å². The standard InChI is InChI=1S/C19H26N2O4S/c1-3-5-7-13-8-6-9-16(13)20-18(22)14-10-11-15-17(12-14)26(24,25)21(4-2)19(15)23/h10-13,16H,3-9H2,1-2H3,(H,20,22). The van der Waals surface area contributed by atoms with Gasteiger partial charge in [0.05, 0.1) is 5.56 Å². The van der Waals surface area contributed by atoms with E-state index < -0.39 is 15.9 Å². The molecule has 142 valence electrons. The molecule has 1 fully saturated rings. The quantitative estimate of drug-likeness (QED) is 0.825. The van der Waals surface area contributed by atoms with E-state index in [-0.39, 0.29) is 29.0 Å². The van der Waals surface area contributed by atoms with Gasteiger partial charge in [0.15, 0.2) is 0 Å². The van der Waals surface area contributed by atoms with E-state index in [2.05, 4.69) is 12.2 Å². The Balaban J connectivity index is 1.79. The van der Waals surface area contributed by atoms with Crippen LogP contribution in [0.25, 0.3) is 0 Å². The Kier molecular flexibility index (Phi) is 5.37. The molecular formula is C19H26N2O4S. The molecule has 0 aromatic heterocycles. The number of benzene rings is 1. The second kappa shape index (κ2) is 7.39. The van der Waals surface area contributed by atoms with Crippen molar-refractivity contribution >= 4 is 21.8 Å². The molecule has 0 radical (unpaired) electrons. The number of hydrogen-bond acceptors (Lipinski definition) is 4. The summed E-state index contributed by atoms with van der Waals surface area (Å²) in [6.45, 7) is 3.86. The van der Waals surface area contributed by atoms with Gasteiger partial charge in [0.25, 0.3) is 21.8 Å². The van der Waals surface area contributed by atoms with Crippen LogP contribution < -0.4 is 5.32 Å². The van der Waals surface area contributed by atoms with Crippen LogP contribution >= 0.6 is 0 Å². The van der Waals surface area contributed by atoms with Crippen molar-refractivity contribution in [1.82, 2.24) is 9.62 Å². The zero-order valence-corrected chi connectivity index (χ0v) is 16.1. The van der Waals surface area contributed by atoms with Crippen LogP contribution in [0.1, 0.15) is 73.1 Å². The predicted octanol–water partition coefficient (Wildman–Crippen LogP) is 2.94. The van der Waals surface area contributed by atoms with Crippen LogP contribution in [0.15, 0.2) is 23.1 Å². The van der Waals surface area contributed by atoms with E-state index in [9.17, 15) is 18.0 Å². The number of carbonyl (C=O) groups is 2. The number of nitrogens with zero attached hydrogens (tertiary/aromatic N) is 1. The summed E-state index contributed by atoms with van der Waals surface area (Å²) in [5.41, 5.74) is 0.435. The van der Waals surface area contributed by atoms with Gasteiger partial charge in [-0.3, -0.25) is 9.59 Å². The fourth-order valence-corrected chi connectivity index (χ4v) is 5.62. The van der Waals surface area contributed by atoms with Crippen LogP contribution in [0.2, 0.25) is 0 Å². The first-order chi connectivity index (χ1) is 12.4. The minimum atomic E-state index is -3.85. The number of fused-ring (bicyclic) bond motifs is 1. The first-order valence-corrected chi connectivity index (χ1v) is 10.9. The molecule has 2 amide bonds. The lowest BCUT2D eigenvalue weighted by molar-refractivity contribution is 0.0873. The van der Waals surface area contributed by atoms with E-state index in [4.69, 9.17) is 0 Å². The zero-order chi connectivity index (χ0) is 18.9. The van der Waals surface area contributed by atoms with Crippen molar-refractivity contribution < 1.29 is 18.0 Å². The summed E-state index contributed by atoms with van der Waals surface area (Å²) in [4.78, 5) is 24.8. The normalized spacial score (nSPS) is 23.9. The van der Waals surface area contributed by atoms with Gasteiger partial charge in [-0.15, -0.1) is 0 Å². The SMILES string of the molecule is CCCCC1CCCC1NC(=O)c1ccc2c(c1)S(=O)(=O)N(CC)C2=O. The van der Waals surface area contributed by atoms with Crippen molar-refractivity contribution in [2.24, 2.45) is 5.92 Å². The first-order valence-electron chi connectivity index (χ1n) is 9.42. The van der Waals surface area contributed by atoms with E-state index in [1.807, 2.05) is 0 Å². The number of unbranched alkanes of at least 4 members (excludes halogenated alkanes) is 1. The third-order valence-electron chi connectivity index (χ3n) is 5.46. The summed E-state index contributed by atoms with van der Waals surface area (Å²) >= 11 is 0. The van der Waals surface area contributed by atoms with Gasteiger partial charge in [0.2, 0.25) is 0 Å². The second-order valence-corrected chi connectivity index (χ2v) is 8.93. The molecule has 2 unspecified atom stereocenters. The number of rotatable bonds is 6. The first kappa shape index (κ1) is 18.9. The highest BCUT2D eigenvalue weighted by molar-refractivity contribution is 7.90. The van der Waals surface area contributed by atoms with Crippen molar-refractivity contribution in [2.75, 3.05) is 6.54 Å². The number of amides is 2. The summed E-state index contributed by atoms with van der Waals surface area (Å²) in [5.74, 6) is -0.294. The topological polar surface area (TPSA) is 83.6 Å². The molecule has 1 aliphatic carbocycles. The summed E-state index contributed by atoms with van der Waals surface area (Å²) in [5, 5.41) is 3.08. The lowest BCUT2D eigenvalue weighted by Gasteiger charge is -2.21. The summed E-state index contributed by atoms with van der Waals surface area (Å²) in [6.07, 6.45) is 6.61. The maximum Gasteiger partial charge on any atom is 0.268 e. The van der Waals surface area contributed by atoms with E-state index in [0.717, 1.165) is 42.8 Å². The third kappa shape index (κ3) is 3.24. The molecule has 7 heteroatoms. The van der Waals surface area contributed by atoms with E-state index in [0.29, 0.717) is 11.5 Å². The summed E-state index contributed by atoms with van der Waals surface area (Å²) < 4.78 is 25.8. The average Bonchev–Trinajstić information content (AvgIpc) is 3.13. The minimum Gasteiger partial charge on any atom is -0.349 e. The molecule has 0 spiro atoms. The van der Waals surface area contributed by atoms with Gasteiger partial charge in [-0.2, -0.15) is 0 Å². The maximum atomic E-state index is 12.7. The Labute approximate surface area is 155 Å². The Bertz CT molecular complexity index is 819. The maximum absolute atomic E-state index is 12.7. The van der Waals surface area contributed by atoms with Gasteiger partial charge < -0.3 is 5.32 Å². The van der Waals surface area contributed by atoms with Gasteiger partial charge in [0.1, 0.15) is 4.90 Å². The lowest BCUT2D eigenvalue weighted by Crippen LogP contribution is -2.37. The van der Waals surface area contributed by atoms with Crippen molar-refractivity contribution in [1.29, 1.82) is 0 Å². The van der Waals surface area contributed by atoms with Crippen molar-refractivity contribution in [2.45, 2.75) is 63.3 Å². The molecule has 1 heterocycles. The highest BCUT2D eigenvalue weighted by Crippen LogP contribution is 2.32. The molecule has 1 N–H and O–H groups in total. The van der Waals surface area contributed by atoms with Gasteiger partial charge in [-0.1, -0.05) is 26.2 Å². The molecule has 2 atom stereocenters. The molecule has 2 aliphatic rings. The van der Waals surface area contributed by atoms with Crippen LogP contribution in [-0.4, -0.2) is 37.1 Å². The van der Waals surface area contributed by atoms with E-state index >= 15 is 0 Å². The Morgan fingerprint density at radius 3 is 2.73 bits per heavy atom.